The number of benzene rings is 2. The fourth-order valence-electron chi connectivity index (χ4n) is 2.65. The maximum atomic E-state index is 12.5. The van der Waals surface area contributed by atoms with Gasteiger partial charge in [0.1, 0.15) is 10.6 Å². The lowest BCUT2D eigenvalue weighted by Gasteiger charge is -2.18. The Labute approximate surface area is 171 Å². The summed E-state index contributed by atoms with van der Waals surface area (Å²) in [7, 11) is 2.32. The fourth-order valence-corrected chi connectivity index (χ4v) is 3.73. The number of methoxy groups -OCH3 is 1. The summed E-state index contributed by atoms with van der Waals surface area (Å²) < 4.78 is 31.2. The predicted octanol–water partition coefficient (Wildman–Crippen LogP) is 1.89. The molecule has 0 unspecified atom stereocenters. The number of sulfonamides is 1. The molecule has 154 valence electrons. The van der Waals surface area contributed by atoms with Crippen LogP contribution in [0.5, 0.6) is 5.75 Å². The lowest BCUT2D eigenvalue weighted by molar-refractivity contribution is -0.117. The highest BCUT2D eigenvalue weighted by molar-refractivity contribution is 7.89. The highest BCUT2D eigenvalue weighted by atomic mass is 32.2. The molecular formula is C20H24N4O4S. The number of anilines is 1. The second kappa shape index (κ2) is 9.52. The monoisotopic (exact) mass is 416 g/mol. The maximum absolute atomic E-state index is 12.5. The lowest BCUT2D eigenvalue weighted by Crippen LogP contribution is -2.30. The molecule has 2 aromatic carbocycles. The van der Waals surface area contributed by atoms with Crippen molar-refractivity contribution < 1.29 is 17.9 Å². The largest absolute Gasteiger partial charge is 0.495 e. The van der Waals surface area contributed by atoms with Gasteiger partial charge in [-0.2, -0.15) is 5.26 Å². The molecule has 0 fully saturated rings. The van der Waals surface area contributed by atoms with Crippen molar-refractivity contribution in [3.8, 4) is 11.8 Å². The minimum absolute atomic E-state index is 0.0197. The van der Waals surface area contributed by atoms with E-state index in [0.717, 1.165) is 9.87 Å². The molecule has 9 heteroatoms. The molecule has 0 radical (unpaired) electrons. The number of nitriles is 1. The van der Waals surface area contributed by atoms with Crippen LogP contribution >= 0.6 is 0 Å². The Morgan fingerprint density at radius 2 is 1.79 bits per heavy atom. The van der Waals surface area contributed by atoms with Gasteiger partial charge in [-0.1, -0.05) is 12.1 Å². The standard InChI is InChI=1S/C20H24N4O4S/c1-23(2)29(26,27)19-11-17(9-10-18(19)28-4)22-20(25)14-24(3)13-16-7-5-15(12-21)6-8-16/h5-11H,13-14H2,1-4H3,(H,22,25). The smallest absolute Gasteiger partial charge is 0.246 e. The Kier molecular flexibility index (Phi) is 7.34. The zero-order chi connectivity index (χ0) is 21.6. The van der Waals surface area contributed by atoms with Crippen molar-refractivity contribution in [1.29, 1.82) is 5.26 Å². The van der Waals surface area contributed by atoms with E-state index in [4.69, 9.17) is 10.00 Å². The van der Waals surface area contributed by atoms with Crippen LogP contribution in [0.15, 0.2) is 47.4 Å². The average molecular weight is 417 g/mol. The van der Waals surface area contributed by atoms with Gasteiger partial charge in [-0.05, 0) is 42.9 Å². The van der Waals surface area contributed by atoms with E-state index in [1.165, 1.54) is 33.3 Å². The first-order chi connectivity index (χ1) is 13.7. The first kappa shape index (κ1) is 22.4. The van der Waals surface area contributed by atoms with Crippen molar-refractivity contribution in [1.82, 2.24) is 9.21 Å². The quantitative estimate of drug-likeness (QED) is 0.705. The average Bonchev–Trinajstić information content (AvgIpc) is 2.68. The minimum atomic E-state index is -3.72. The summed E-state index contributed by atoms with van der Waals surface area (Å²) in [4.78, 5) is 14.2. The second-order valence-electron chi connectivity index (χ2n) is 6.68. The van der Waals surface area contributed by atoms with Crippen molar-refractivity contribution in [3.63, 3.8) is 0 Å². The first-order valence-corrected chi connectivity index (χ1v) is 10.2. The minimum Gasteiger partial charge on any atom is -0.495 e. The molecule has 0 spiro atoms. The van der Waals surface area contributed by atoms with Crippen LogP contribution in [0.3, 0.4) is 0 Å². The van der Waals surface area contributed by atoms with Gasteiger partial charge in [0.15, 0.2) is 0 Å². The molecule has 0 aliphatic rings. The first-order valence-electron chi connectivity index (χ1n) is 8.75. The molecule has 1 amide bonds. The Morgan fingerprint density at radius 3 is 2.34 bits per heavy atom. The van der Waals surface area contributed by atoms with Crippen LogP contribution in [0, 0.1) is 11.3 Å². The van der Waals surface area contributed by atoms with Crippen molar-refractivity contribution in [2.45, 2.75) is 11.4 Å². The van der Waals surface area contributed by atoms with E-state index in [0.29, 0.717) is 17.8 Å². The number of hydrogen-bond acceptors (Lipinski definition) is 6. The zero-order valence-corrected chi connectivity index (χ0v) is 17.7. The van der Waals surface area contributed by atoms with Crippen LogP contribution in [0.4, 0.5) is 5.69 Å². The number of hydrogen-bond donors (Lipinski definition) is 1. The molecule has 2 aromatic rings. The van der Waals surface area contributed by atoms with E-state index >= 15 is 0 Å². The lowest BCUT2D eigenvalue weighted by atomic mass is 10.1. The van der Waals surface area contributed by atoms with Gasteiger partial charge in [0, 0.05) is 26.3 Å². The highest BCUT2D eigenvalue weighted by Gasteiger charge is 2.23. The van der Waals surface area contributed by atoms with E-state index in [-0.39, 0.29) is 23.1 Å². The highest BCUT2D eigenvalue weighted by Crippen LogP contribution is 2.28. The van der Waals surface area contributed by atoms with Gasteiger partial charge in [-0.15, -0.1) is 0 Å². The van der Waals surface area contributed by atoms with Crippen LogP contribution in [0.25, 0.3) is 0 Å². The Morgan fingerprint density at radius 1 is 1.14 bits per heavy atom. The third-order valence-corrected chi connectivity index (χ3v) is 5.99. The van der Waals surface area contributed by atoms with Crippen LogP contribution in [0.2, 0.25) is 0 Å². The third kappa shape index (κ3) is 5.77. The Bertz CT molecular complexity index is 1010. The van der Waals surface area contributed by atoms with Crippen molar-refractivity contribution >= 4 is 21.6 Å². The van der Waals surface area contributed by atoms with Gasteiger partial charge < -0.3 is 10.1 Å². The summed E-state index contributed by atoms with van der Waals surface area (Å²) >= 11 is 0. The molecule has 0 aliphatic carbocycles. The van der Waals surface area contributed by atoms with E-state index < -0.39 is 10.0 Å². The number of ether oxygens (including phenoxy) is 1. The maximum Gasteiger partial charge on any atom is 0.246 e. The summed E-state index contributed by atoms with van der Waals surface area (Å²) in [5, 5.41) is 11.6. The van der Waals surface area contributed by atoms with E-state index in [9.17, 15) is 13.2 Å². The van der Waals surface area contributed by atoms with Gasteiger partial charge in [0.2, 0.25) is 15.9 Å². The van der Waals surface area contributed by atoms with Gasteiger partial charge in [-0.25, -0.2) is 12.7 Å². The van der Waals surface area contributed by atoms with Gasteiger partial charge in [-0.3, -0.25) is 9.69 Å². The van der Waals surface area contributed by atoms with Crippen molar-refractivity contribution in [3.05, 3.63) is 53.6 Å². The van der Waals surface area contributed by atoms with Gasteiger partial charge >= 0.3 is 0 Å². The molecule has 0 bridgehead atoms. The fraction of sp³-hybridized carbons (Fsp3) is 0.300. The molecule has 0 aliphatic heterocycles. The van der Waals surface area contributed by atoms with E-state index in [1.807, 2.05) is 17.0 Å². The molecular weight excluding hydrogens is 392 g/mol. The number of nitrogens with zero attached hydrogens (tertiary/aromatic N) is 3. The van der Waals surface area contributed by atoms with Gasteiger partial charge in [0.05, 0.1) is 25.3 Å². The zero-order valence-electron chi connectivity index (χ0n) is 16.8. The van der Waals surface area contributed by atoms with Crippen molar-refractivity contribution in [2.75, 3.05) is 40.1 Å². The molecule has 1 N–H and O–H groups in total. The van der Waals surface area contributed by atoms with E-state index in [2.05, 4.69) is 11.4 Å². The molecule has 0 heterocycles. The molecule has 29 heavy (non-hydrogen) atoms. The summed E-state index contributed by atoms with van der Waals surface area (Å²) in [6, 6.07) is 13.7. The molecule has 0 atom stereocenters. The number of amides is 1. The van der Waals surface area contributed by atoms with Crippen LogP contribution in [0.1, 0.15) is 11.1 Å². The number of nitrogens with one attached hydrogen (secondary N) is 1. The molecule has 8 nitrogen and oxygen atoms in total. The third-order valence-electron chi connectivity index (χ3n) is 4.16. The topological polar surface area (TPSA) is 103 Å². The van der Waals surface area contributed by atoms with Crippen LogP contribution in [-0.2, 0) is 21.4 Å². The summed E-state index contributed by atoms with van der Waals surface area (Å²) in [5.74, 6) is -0.0749. The van der Waals surface area contributed by atoms with Crippen LogP contribution < -0.4 is 10.1 Å². The summed E-state index contributed by atoms with van der Waals surface area (Å²) in [6.07, 6.45) is 0. The van der Waals surface area contributed by atoms with Gasteiger partial charge in [0.25, 0.3) is 0 Å². The number of rotatable bonds is 8. The predicted molar refractivity (Wildman–Crippen MR) is 110 cm³/mol. The summed E-state index contributed by atoms with van der Waals surface area (Å²) in [5.41, 5.74) is 1.92. The second-order valence-corrected chi connectivity index (χ2v) is 8.80. The molecule has 0 saturated heterocycles. The Balaban J connectivity index is 2.07. The number of carbonyl (C=O) groups excluding carboxylic acids is 1. The molecule has 2 rings (SSSR count). The normalized spacial score (nSPS) is 11.3. The molecule has 0 saturated carbocycles. The van der Waals surface area contributed by atoms with Crippen LogP contribution in [-0.4, -0.2) is 58.3 Å². The summed E-state index contributed by atoms with van der Waals surface area (Å²) in [6.45, 7) is 0.643. The number of carbonyl (C=O) groups is 1. The van der Waals surface area contributed by atoms with Crippen molar-refractivity contribution in [2.24, 2.45) is 0 Å². The van der Waals surface area contributed by atoms with E-state index in [1.54, 1.807) is 25.2 Å². The molecule has 0 aromatic heterocycles. The SMILES string of the molecule is COc1ccc(NC(=O)CN(C)Cc2ccc(C#N)cc2)cc1S(=O)(=O)N(C)C. The number of likely N-dealkylation sites (N-methyl/N-ethyl adjacent to an activating group) is 1. The Hall–Kier alpha value is -2.93.